The molecule has 0 spiro atoms. The second-order valence-corrected chi connectivity index (χ2v) is 6.20. The first-order chi connectivity index (χ1) is 9.56. The van der Waals surface area contributed by atoms with E-state index in [1.807, 2.05) is 6.07 Å². The fourth-order valence-electron chi connectivity index (χ4n) is 2.42. The first-order valence-electron chi connectivity index (χ1n) is 7.20. The number of benzene rings is 1. The molecule has 0 heterocycles. The summed E-state index contributed by atoms with van der Waals surface area (Å²) in [5.41, 5.74) is 0.881. The van der Waals surface area contributed by atoms with E-state index in [-0.39, 0.29) is 11.2 Å². The molecule has 1 aromatic carbocycles. The van der Waals surface area contributed by atoms with Gasteiger partial charge >= 0.3 is 0 Å². The zero-order valence-corrected chi connectivity index (χ0v) is 14.2. The molecule has 4 heteroatoms. The van der Waals surface area contributed by atoms with Crippen molar-refractivity contribution in [1.82, 2.24) is 5.32 Å². The van der Waals surface area contributed by atoms with Crippen LogP contribution in [0.15, 0.2) is 22.7 Å². The second-order valence-electron chi connectivity index (χ2n) is 5.29. The summed E-state index contributed by atoms with van der Waals surface area (Å²) in [7, 11) is 1.70. The van der Waals surface area contributed by atoms with E-state index in [2.05, 4.69) is 35.1 Å². The van der Waals surface area contributed by atoms with Crippen LogP contribution in [0.2, 0.25) is 0 Å². The van der Waals surface area contributed by atoms with Crippen molar-refractivity contribution in [2.75, 3.05) is 26.8 Å². The lowest BCUT2D eigenvalue weighted by Crippen LogP contribution is -2.37. The maximum atomic E-state index is 14.0. The lowest BCUT2D eigenvalue weighted by Gasteiger charge is -2.32. The average molecular weight is 346 g/mol. The first-order valence-corrected chi connectivity index (χ1v) is 8.00. The molecule has 0 radical (unpaired) electrons. The number of halogens is 2. The van der Waals surface area contributed by atoms with E-state index in [1.54, 1.807) is 13.2 Å². The molecular formula is C16H25BrFNO. The van der Waals surface area contributed by atoms with Crippen LogP contribution in [0.25, 0.3) is 0 Å². The van der Waals surface area contributed by atoms with Crippen molar-refractivity contribution in [2.24, 2.45) is 5.41 Å². The normalized spacial score (nSPS) is 11.8. The van der Waals surface area contributed by atoms with Crippen LogP contribution in [0.4, 0.5) is 4.39 Å². The van der Waals surface area contributed by atoms with Crippen LogP contribution in [0.3, 0.4) is 0 Å². The van der Waals surface area contributed by atoms with Crippen molar-refractivity contribution < 1.29 is 9.13 Å². The lowest BCUT2D eigenvalue weighted by atomic mass is 9.76. The predicted octanol–water partition coefficient (Wildman–Crippen LogP) is 4.17. The van der Waals surface area contributed by atoms with Crippen LogP contribution >= 0.6 is 15.9 Å². The highest BCUT2D eigenvalue weighted by Gasteiger charge is 2.27. The third-order valence-electron chi connectivity index (χ3n) is 4.06. The van der Waals surface area contributed by atoms with Gasteiger partial charge in [-0.1, -0.05) is 29.8 Å². The molecule has 1 N–H and O–H groups in total. The minimum atomic E-state index is -0.114. The van der Waals surface area contributed by atoms with Gasteiger partial charge in [0.05, 0.1) is 6.61 Å². The molecule has 0 saturated heterocycles. The van der Waals surface area contributed by atoms with Crippen molar-refractivity contribution in [3.05, 3.63) is 34.1 Å². The maximum Gasteiger partial charge on any atom is 0.126 e. The highest BCUT2D eigenvalue weighted by molar-refractivity contribution is 9.10. The standard InChI is InChI=1S/C16H25BrFNO/c1-4-16(5-2,12-19-8-9-20-3)11-13-10-14(17)6-7-15(13)18/h6-7,10,19H,4-5,8-9,11-12H2,1-3H3. The quantitative estimate of drug-likeness (QED) is 0.678. The van der Waals surface area contributed by atoms with Crippen molar-refractivity contribution in [2.45, 2.75) is 33.1 Å². The van der Waals surface area contributed by atoms with Crippen LogP contribution in [0.5, 0.6) is 0 Å². The molecule has 114 valence electrons. The Balaban J connectivity index is 2.76. The van der Waals surface area contributed by atoms with Crippen molar-refractivity contribution in [3.8, 4) is 0 Å². The Bertz CT molecular complexity index is 407. The van der Waals surface area contributed by atoms with Gasteiger partial charge in [0, 0.05) is 24.7 Å². The number of methoxy groups -OCH3 is 1. The number of nitrogens with one attached hydrogen (secondary N) is 1. The number of hydrogen-bond acceptors (Lipinski definition) is 2. The Morgan fingerprint density at radius 1 is 1.30 bits per heavy atom. The molecule has 1 aromatic rings. The van der Waals surface area contributed by atoms with Gasteiger partial charge in [-0.05, 0) is 48.4 Å². The summed E-state index contributed by atoms with van der Waals surface area (Å²) in [5.74, 6) is -0.114. The molecule has 0 aliphatic rings. The van der Waals surface area contributed by atoms with Gasteiger partial charge in [0.15, 0.2) is 0 Å². The molecule has 0 aromatic heterocycles. The second kappa shape index (κ2) is 8.75. The molecule has 0 atom stereocenters. The Kier molecular flexibility index (Phi) is 7.70. The number of hydrogen-bond donors (Lipinski definition) is 1. The summed E-state index contributed by atoms with van der Waals surface area (Å²) in [6.07, 6.45) is 2.80. The van der Waals surface area contributed by atoms with Gasteiger partial charge in [0.25, 0.3) is 0 Å². The third-order valence-corrected chi connectivity index (χ3v) is 4.55. The van der Waals surface area contributed by atoms with Gasteiger partial charge in [-0.25, -0.2) is 4.39 Å². The third kappa shape index (κ3) is 5.15. The molecule has 0 saturated carbocycles. The predicted molar refractivity (Wildman–Crippen MR) is 85.6 cm³/mol. The average Bonchev–Trinajstić information content (AvgIpc) is 2.46. The molecule has 2 nitrogen and oxygen atoms in total. The molecule has 0 aliphatic heterocycles. The highest BCUT2D eigenvalue weighted by Crippen LogP contribution is 2.32. The van der Waals surface area contributed by atoms with Crippen LogP contribution in [-0.2, 0) is 11.2 Å². The SMILES string of the molecule is CCC(CC)(CNCCOC)Cc1cc(Br)ccc1F. The lowest BCUT2D eigenvalue weighted by molar-refractivity contribution is 0.185. The Morgan fingerprint density at radius 3 is 2.60 bits per heavy atom. The van der Waals surface area contributed by atoms with E-state index >= 15 is 0 Å². The van der Waals surface area contributed by atoms with Gasteiger partial charge < -0.3 is 10.1 Å². The summed E-state index contributed by atoms with van der Waals surface area (Å²) >= 11 is 3.42. The van der Waals surface area contributed by atoms with E-state index in [0.29, 0.717) is 6.61 Å². The largest absolute Gasteiger partial charge is 0.383 e. The first kappa shape index (κ1) is 17.6. The molecule has 20 heavy (non-hydrogen) atoms. The molecular weight excluding hydrogens is 321 g/mol. The van der Waals surface area contributed by atoms with Gasteiger partial charge in [-0.15, -0.1) is 0 Å². The number of ether oxygens (including phenoxy) is 1. The van der Waals surface area contributed by atoms with Crippen LogP contribution < -0.4 is 5.32 Å². The minimum Gasteiger partial charge on any atom is -0.383 e. The zero-order valence-electron chi connectivity index (χ0n) is 12.6. The summed E-state index contributed by atoms with van der Waals surface area (Å²) in [4.78, 5) is 0. The van der Waals surface area contributed by atoms with Gasteiger partial charge in [-0.2, -0.15) is 0 Å². The van der Waals surface area contributed by atoms with Gasteiger partial charge in [0.1, 0.15) is 5.82 Å². The molecule has 0 bridgehead atoms. The molecule has 1 rings (SSSR count). The monoisotopic (exact) mass is 345 g/mol. The van der Waals surface area contributed by atoms with E-state index in [4.69, 9.17) is 4.74 Å². The minimum absolute atomic E-state index is 0.0926. The fourth-order valence-corrected chi connectivity index (χ4v) is 2.83. The summed E-state index contributed by atoms with van der Waals surface area (Å²) < 4.78 is 19.9. The Labute approximate surface area is 130 Å². The van der Waals surface area contributed by atoms with Gasteiger partial charge in [-0.3, -0.25) is 0 Å². The van der Waals surface area contributed by atoms with Crippen molar-refractivity contribution in [1.29, 1.82) is 0 Å². The summed E-state index contributed by atoms with van der Waals surface area (Å²) in [6.45, 7) is 6.78. The number of rotatable bonds is 9. The molecule has 0 amide bonds. The van der Waals surface area contributed by atoms with Crippen LogP contribution in [0, 0.1) is 11.2 Å². The summed E-state index contributed by atoms with van der Waals surface area (Å²) in [5, 5.41) is 3.42. The van der Waals surface area contributed by atoms with Crippen LogP contribution in [0.1, 0.15) is 32.3 Å². The molecule has 0 aliphatic carbocycles. The van der Waals surface area contributed by atoms with Crippen molar-refractivity contribution >= 4 is 15.9 Å². The van der Waals surface area contributed by atoms with Crippen LogP contribution in [-0.4, -0.2) is 26.8 Å². The molecule has 0 fully saturated rings. The smallest absolute Gasteiger partial charge is 0.126 e. The maximum absolute atomic E-state index is 14.0. The van der Waals surface area contributed by atoms with E-state index in [1.165, 1.54) is 6.07 Å². The highest BCUT2D eigenvalue weighted by atomic mass is 79.9. The fraction of sp³-hybridized carbons (Fsp3) is 0.625. The Hall–Kier alpha value is -0.450. The van der Waals surface area contributed by atoms with E-state index < -0.39 is 0 Å². The summed E-state index contributed by atoms with van der Waals surface area (Å²) in [6, 6.07) is 5.17. The topological polar surface area (TPSA) is 21.3 Å². The zero-order chi connectivity index (χ0) is 15.0. The molecule has 0 unspecified atom stereocenters. The van der Waals surface area contributed by atoms with Crippen molar-refractivity contribution in [3.63, 3.8) is 0 Å². The van der Waals surface area contributed by atoms with E-state index in [9.17, 15) is 4.39 Å². The van der Waals surface area contributed by atoms with E-state index in [0.717, 1.165) is 42.4 Å². The Morgan fingerprint density at radius 2 is 2.00 bits per heavy atom. The van der Waals surface area contributed by atoms with Gasteiger partial charge in [0.2, 0.25) is 0 Å².